The van der Waals surface area contributed by atoms with Crippen molar-refractivity contribution in [3.8, 4) is 0 Å². The van der Waals surface area contributed by atoms with Crippen LogP contribution in [0.2, 0.25) is 10.0 Å². The first-order valence-corrected chi connectivity index (χ1v) is 7.98. The molecule has 0 aliphatic carbocycles. The highest BCUT2D eigenvalue weighted by atomic mass is 35.5. The monoisotopic (exact) mass is 374 g/mol. The molecule has 2 aromatic carbocycles. The Labute approximate surface area is 153 Å². The summed E-state index contributed by atoms with van der Waals surface area (Å²) < 4.78 is 0. The number of rotatable bonds is 4. The fourth-order valence-corrected chi connectivity index (χ4v) is 2.54. The molecule has 0 saturated heterocycles. The number of carbonyl (C=O) groups is 2. The maximum atomic E-state index is 12.3. The minimum absolute atomic E-state index is 0.00818. The summed E-state index contributed by atoms with van der Waals surface area (Å²) in [6.45, 7) is 0. The van der Waals surface area contributed by atoms with Crippen molar-refractivity contribution in [3.63, 3.8) is 0 Å². The summed E-state index contributed by atoms with van der Waals surface area (Å²) >= 11 is 12.1. The molecule has 0 bridgehead atoms. The molecule has 1 heterocycles. The Kier molecular flexibility index (Phi) is 5.02. The van der Waals surface area contributed by atoms with E-state index < -0.39 is 11.8 Å². The molecule has 0 aliphatic heterocycles. The summed E-state index contributed by atoms with van der Waals surface area (Å²) in [4.78, 5) is 24.5. The van der Waals surface area contributed by atoms with Gasteiger partial charge < -0.3 is 10.6 Å². The Balaban J connectivity index is 1.76. The van der Waals surface area contributed by atoms with E-state index in [0.717, 1.165) is 0 Å². The molecule has 2 amide bonds. The highest BCUT2D eigenvalue weighted by Crippen LogP contribution is 2.25. The lowest BCUT2D eigenvalue weighted by atomic mass is 10.2. The van der Waals surface area contributed by atoms with Crippen LogP contribution in [0.4, 0.5) is 11.5 Å². The lowest BCUT2D eigenvalue weighted by molar-refractivity contribution is 0.101. The first-order chi connectivity index (χ1) is 12.1. The number of nitrogens with one attached hydrogen (secondary N) is 3. The molecular weight excluding hydrogens is 363 g/mol. The van der Waals surface area contributed by atoms with Crippen LogP contribution in [0.1, 0.15) is 20.8 Å². The second-order valence-electron chi connectivity index (χ2n) is 5.02. The molecule has 0 fully saturated rings. The third-order valence-corrected chi connectivity index (χ3v) is 4.01. The molecule has 0 atom stereocenters. The number of aromatic nitrogens is 2. The number of H-pyrrole nitrogens is 1. The Hall–Kier alpha value is -2.83. The zero-order chi connectivity index (χ0) is 17.8. The van der Waals surface area contributed by atoms with Gasteiger partial charge in [-0.2, -0.15) is 5.10 Å². The molecule has 8 heteroatoms. The van der Waals surface area contributed by atoms with Gasteiger partial charge in [-0.15, -0.1) is 0 Å². The summed E-state index contributed by atoms with van der Waals surface area (Å²) in [5.74, 6) is -0.846. The van der Waals surface area contributed by atoms with Gasteiger partial charge in [0, 0.05) is 5.69 Å². The molecule has 0 aliphatic rings. The minimum Gasteiger partial charge on any atom is -0.321 e. The fraction of sp³-hybridized carbons (Fsp3) is 0. The normalized spacial score (nSPS) is 10.3. The van der Waals surface area contributed by atoms with Crippen molar-refractivity contribution in [1.29, 1.82) is 0 Å². The maximum absolute atomic E-state index is 12.3. The van der Waals surface area contributed by atoms with Crippen LogP contribution in [0, 0.1) is 0 Å². The summed E-state index contributed by atoms with van der Waals surface area (Å²) in [6.07, 6.45) is 0. The Morgan fingerprint density at radius 3 is 2.28 bits per heavy atom. The minimum atomic E-state index is -0.495. The van der Waals surface area contributed by atoms with Gasteiger partial charge in [-0.25, -0.2) is 0 Å². The molecule has 3 aromatic rings. The van der Waals surface area contributed by atoms with Gasteiger partial charge in [0.1, 0.15) is 10.8 Å². The largest absolute Gasteiger partial charge is 0.321 e. The van der Waals surface area contributed by atoms with Gasteiger partial charge in [-0.05, 0) is 24.3 Å². The van der Waals surface area contributed by atoms with E-state index >= 15 is 0 Å². The average Bonchev–Trinajstić information content (AvgIpc) is 2.97. The van der Waals surface area contributed by atoms with Crippen LogP contribution in [0.3, 0.4) is 0 Å². The lowest BCUT2D eigenvalue weighted by Crippen LogP contribution is -2.14. The number of nitrogens with zero attached hydrogens (tertiary/aromatic N) is 1. The molecule has 25 heavy (non-hydrogen) atoms. The van der Waals surface area contributed by atoms with Crippen molar-refractivity contribution >= 4 is 46.5 Å². The molecular formula is C17H12Cl2N4O2. The zero-order valence-electron chi connectivity index (χ0n) is 12.7. The Morgan fingerprint density at radius 2 is 1.56 bits per heavy atom. The highest BCUT2D eigenvalue weighted by Gasteiger charge is 2.20. The second-order valence-corrected chi connectivity index (χ2v) is 5.80. The number of halogens is 2. The molecule has 0 spiro atoms. The van der Waals surface area contributed by atoms with Gasteiger partial charge in [0.2, 0.25) is 0 Å². The van der Waals surface area contributed by atoms with Crippen LogP contribution in [-0.2, 0) is 0 Å². The first-order valence-electron chi connectivity index (χ1n) is 7.22. The van der Waals surface area contributed by atoms with Crippen LogP contribution in [0.15, 0.2) is 54.6 Å². The standard InChI is InChI=1S/C17H12Cl2N4O2/c18-12-9-5-4-8-11(12)16(24)21-15-13(19)14(22-23-15)17(25)20-10-6-2-1-3-7-10/h1-9H,(H,20,25)(H2,21,22,23,24). The summed E-state index contributed by atoms with van der Waals surface area (Å²) in [5.41, 5.74) is 0.860. The second kappa shape index (κ2) is 7.38. The zero-order valence-corrected chi connectivity index (χ0v) is 14.2. The number of carbonyl (C=O) groups excluding carboxylic acids is 2. The van der Waals surface area contributed by atoms with Gasteiger partial charge in [-0.3, -0.25) is 14.7 Å². The smallest absolute Gasteiger partial charge is 0.277 e. The summed E-state index contributed by atoms with van der Waals surface area (Å²) in [6, 6.07) is 15.5. The highest BCUT2D eigenvalue weighted by molar-refractivity contribution is 6.37. The number of para-hydroxylation sites is 1. The number of hydrogen-bond donors (Lipinski definition) is 3. The van der Waals surface area contributed by atoms with E-state index in [-0.39, 0.29) is 22.1 Å². The Morgan fingerprint density at radius 1 is 0.880 bits per heavy atom. The summed E-state index contributed by atoms with van der Waals surface area (Å²) in [7, 11) is 0. The van der Waals surface area contributed by atoms with E-state index in [1.165, 1.54) is 0 Å². The van der Waals surface area contributed by atoms with Crippen molar-refractivity contribution < 1.29 is 9.59 Å². The van der Waals surface area contributed by atoms with E-state index in [0.29, 0.717) is 10.7 Å². The van der Waals surface area contributed by atoms with Gasteiger partial charge in [0.25, 0.3) is 11.8 Å². The Bertz CT molecular complexity index is 925. The molecule has 0 radical (unpaired) electrons. The van der Waals surface area contributed by atoms with Gasteiger partial charge in [-0.1, -0.05) is 53.5 Å². The van der Waals surface area contributed by atoms with Crippen LogP contribution >= 0.6 is 23.2 Å². The third kappa shape index (κ3) is 3.81. The van der Waals surface area contributed by atoms with E-state index in [4.69, 9.17) is 23.2 Å². The molecule has 126 valence electrons. The fourth-order valence-electron chi connectivity index (χ4n) is 2.10. The molecule has 1 aromatic heterocycles. The number of anilines is 2. The average molecular weight is 375 g/mol. The number of aromatic amines is 1. The van der Waals surface area contributed by atoms with Crippen LogP contribution in [-0.4, -0.2) is 22.0 Å². The molecule has 0 unspecified atom stereocenters. The third-order valence-electron chi connectivity index (χ3n) is 3.31. The van der Waals surface area contributed by atoms with Crippen LogP contribution in [0.25, 0.3) is 0 Å². The van der Waals surface area contributed by atoms with Crippen molar-refractivity contribution in [2.24, 2.45) is 0 Å². The lowest BCUT2D eigenvalue weighted by Gasteiger charge is -2.05. The van der Waals surface area contributed by atoms with E-state index in [9.17, 15) is 9.59 Å². The van der Waals surface area contributed by atoms with Crippen LogP contribution < -0.4 is 10.6 Å². The molecule has 6 nitrogen and oxygen atoms in total. The van der Waals surface area contributed by atoms with E-state index in [1.54, 1.807) is 48.5 Å². The topological polar surface area (TPSA) is 86.9 Å². The maximum Gasteiger partial charge on any atom is 0.277 e. The predicted molar refractivity (Wildman–Crippen MR) is 97.4 cm³/mol. The van der Waals surface area contributed by atoms with Gasteiger partial charge in [0.05, 0.1) is 10.6 Å². The number of amides is 2. The van der Waals surface area contributed by atoms with Crippen molar-refractivity contribution in [2.75, 3.05) is 10.6 Å². The van der Waals surface area contributed by atoms with E-state index in [2.05, 4.69) is 20.8 Å². The van der Waals surface area contributed by atoms with Crippen molar-refractivity contribution in [1.82, 2.24) is 10.2 Å². The van der Waals surface area contributed by atoms with Crippen molar-refractivity contribution in [3.05, 3.63) is 75.9 Å². The van der Waals surface area contributed by atoms with Crippen molar-refractivity contribution in [2.45, 2.75) is 0 Å². The summed E-state index contributed by atoms with van der Waals surface area (Å²) in [5, 5.41) is 11.9. The number of hydrogen-bond acceptors (Lipinski definition) is 3. The predicted octanol–water partition coefficient (Wildman–Crippen LogP) is 4.22. The van der Waals surface area contributed by atoms with Crippen LogP contribution in [0.5, 0.6) is 0 Å². The SMILES string of the molecule is O=C(Nc1[nH]nc(C(=O)Nc2ccccc2)c1Cl)c1ccccc1Cl. The molecule has 3 rings (SSSR count). The quantitative estimate of drug-likeness (QED) is 0.638. The van der Waals surface area contributed by atoms with Gasteiger partial charge in [0.15, 0.2) is 5.69 Å². The van der Waals surface area contributed by atoms with Gasteiger partial charge >= 0.3 is 0 Å². The van der Waals surface area contributed by atoms with E-state index in [1.807, 2.05) is 6.07 Å². The number of benzene rings is 2. The molecule has 3 N–H and O–H groups in total. The first kappa shape index (κ1) is 17.0. The molecule has 0 saturated carbocycles.